The smallest absolute Gasteiger partial charge is 0.340 e. The van der Waals surface area contributed by atoms with Crippen LogP contribution in [0.5, 0.6) is 0 Å². The summed E-state index contributed by atoms with van der Waals surface area (Å²) in [6.45, 7) is 0. The van der Waals surface area contributed by atoms with Gasteiger partial charge in [0.25, 0.3) is 5.91 Å². The van der Waals surface area contributed by atoms with E-state index in [9.17, 15) is 19.1 Å². The maximum atomic E-state index is 13.5. The molecule has 2 rings (SSSR count). The summed E-state index contributed by atoms with van der Waals surface area (Å²) in [6.07, 6.45) is -1.48. The number of benzene rings is 2. The van der Waals surface area contributed by atoms with Crippen LogP contribution in [0.2, 0.25) is 0 Å². The van der Waals surface area contributed by atoms with Crippen LogP contribution in [0.25, 0.3) is 0 Å². The minimum absolute atomic E-state index is 0.206. The molecule has 5 nitrogen and oxygen atoms in total. The first kappa shape index (κ1) is 14.7. The SMILES string of the molecule is O=C(O)c1c(F)cccc1NC(=O)C(O)c1ccccc1. The van der Waals surface area contributed by atoms with Gasteiger partial charge in [0.05, 0.1) is 5.69 Å². The zero-order valence-corrected chi connectivity index (χ0v) is 10.8. The number of aromatic carboxylic acids is 1. The number of aliphatic hydroxyl groups excluding tert-OH is 1. The molecule has 0 fully saturated rings. The number of carboxylic acids is 1. The fourth-order valence-electron chi connectivity index (χ4n) is 1.83. The highest BCUT2D eigenvalue weighted by atomic mass is 19.1. The highest BCUT2D eigenvalue weighted by Crippen LogP contribution is 2.21. The van der Waals surface area contributed by atoms with Gasteiger partial charge in [-0.25, -0.2) is 9.18 Å². The summed E-state index contributed by atoms with van der Waals surface area (Å²) >= 11 is 0. The van der Waals surface area contributed by atoms with E-state index in [2.05, 4.69) is 5.32 Å². The quantitative estimate of drug-likeness (QED) is 0.805. The Kier molecular flexibility index (Phi) is 4.30. The Bertz CT molecular complexity index is 673. The van der Waals surface area contributed by atoms with Crippen molar-refractivity contribution in [1.29, 1.82) is 0 Å². The lowest BCUT2D eigenvalue weighted by Crippen LogP contribution is -2.22. The first-order valence-corrected chi connectivity index (χ1v) is 6.06. The van der Waals surface area contributed by atoms with Crippen LogP contribution in [0.15, 0.2) is 48.5 Å². The number of nitrogens with one attached hydrogen (secondary N) is 1. The van der Waals surface area contributed by atoms with Gasteiger partial charge in [0.1, 0.15) is 11.4 Å². The largest absolute Gasteiger partial charge is 0.478 e. The second-order valence-corrected chi connectivity index (χ2v) is 4.27. The van der Waals surface area contributed by atoms with Gasteiger partial charge in [-0.15, -0.1) is 0 Å². The van der Waals surface area contributed by atoms with Crippen LogP contribution in [0.3, 0.4) is 0 Å². The fourth-order valence-corrected chi connectivity index (χ4v) is 1.83. The molecule has 108 valence electrons. The van der Waals surface area contributed by atoms with E-state index in [-0.39, 0.29) is 5.69 Å². The Morgan fingerprint density at radius 1 is 1.05 bits per heavy atom. The number of anilines is 1. The third-order valence-corrected chi connectivity index (χ3v) is 2.85. The van der Waals surface area contributed by atoms with E-state index in [1.165, 1.54) is 12.1 Å². The topological polar surface area (TPSA) is 86.6 Å². The van der Waals surface area contributed by atoms with Gasteiger partial charge in [0, 0.05) is 0 Å². The van der Waals surface area contributed by atoms with Crippen LogP contribution in [0.4, 0.5) is 10.1 Å². The van der Waals surface area contributed by atoms with E-state index in [4.69, 9.17) is 5.11 Å². The highest BCUT2D eigenvalue weighted by molar-refractivity contribution is 6.02. The lowest BCUT2D eigenvalue weighted by Gasteiger charge is -2.13. The van der Waals surface area contributed by atoms with Gasteiger partial charge in [-0.05, 0) is 17.7 Å². The molecule has 1 amide bonds. The number of rotatable bonds is 4. The van der Waals surface area contributed by atoms with Crippen LogP contribution >= 0.6 is 0 Å². The van der Waals surface area contributed by atoms with Crippen LogP contribution in [-0.4, -0.2) is 22.1 Å². The van der Waals surface area contributed by atoms with Gasteiger partial charge < -0.3 is 15.5 Å². The van der Waals surface area contributed by atoms with Crippen LogP contribution in [-0.2, 0) is 4.79 Å². The summed E-state index contributed by atoms with van der Waals surface area (Å²) < 4.78 is 13.5. The van der Waals surface area contributed by atoms with Crippen molar-refractivity contribution < 1.29 is 24.2 Å². The second kappa shape index (κ2) is 6.15. The molecule has 3 N–H and O–H groups in total. The van der Waals surface area contributed by atoms with E-state index < -0.39 is 29.4 Å². The van der Waals surface area contributed by atoms with E-state index in [0.29, 0.717) is 5.56 Å². The minimum Gasteiger partial charge on any atom is -0.478 e. The van der Waals surface area contributed by atoms with Crippen molar-refractivity contribution in [3.63, 3.8) is 0 Å². The number of aliphatic hydroxyl groups is 1. The molecule has 0 heterocycles. The first-order chi connectivity index (χ1) is 10.0. The van der Waals surface area contributed by atoms with E-state index in [1.807, 2.05) is 0 Å². The molecule has 0 aliphatic heterocycles. The molecule has 0 saturated heterocycles. The second-order valence-electron chi connectivity index (χ2n) is 4.27. The van der Waals surface area contributed by atoms with Gasteiger partial charge in [0.15, 0.2) is 6.10 Å². The number of carbonyl (C=O) groups is 2. The first-order valence-electron chi connectivity index (χ1n) is 6.06. The maximum Gasteiger partial charge on any atom is 0.340 e. The molecule has 1 atom stereocenters. The monoisotopic (exact) mass is 289 g/mol. The molecular formula is C15H12FNO4. The van der Waals surface area contributed by atoms with Gasteiger partial charge in [0.2, 0.25) is 0 Å². The lowest BCUT2D eigenvalue weighted by molar-refractivity contribution is -0.124. The highest BCUT2D eigenvalue weighted by Gasteiger charge is 2.21. The Hall–Kier alpha value is -2.73. The number of hydrogen-bond acceptors (Lipinski definition) is 3. The summed E-state index contributed by atoms with van der Waals surface area (Å²) in [4.78, 5) is 22.9. The molecule has 1 unspecified atom stereocenters. The summed E-state index contributed by atoms with van der Waals surface area (Å²) in [7, 11) is 0. The normalized spacial score (nSPS) is 11.7. The number of hydrogen-bond donors (Lipinski definition) is 3. The molecule has 0 radical (unpaired) electrons. The molecule has 0 aliphatic rings. The van der Waals surface area contributed by atoms with Gasteiger partial charge in [-0.2, -0.15) is 0 Å². The molecule has 0 saturated carbocycles. The zero-order valence-electron chi connectivity index (χ0n) is 10.8. The predicted molar refractivity (Wildman–Crippen MR) is 73.4 cm³/mol. The molecule has 6 heteroatoms. The lowest BCUT2D eigenvalue weighted by atomic mass is 10.1. The van der Waals surface area contributed by atoms with Crippen molar-refractivity contribution in [1.82, 2.24) is 0 Å². The van der Waals surface area contributed by atoms with E-state index in [0.717, 1.165) is 6.07 Å². The van der Waals surface area contributed by atoms with Gasteiger partial charge in [-0.3, -0.25) is 4.79 Å². The summed E-state index contributed by atoms with van der Waals surface area (Å²) in [5.74, 6) is -3.30. The number of carboxylic acid groups (broad SMARTS) is 1. The average Bonchev–Trinajstić information content (AvgIpc) is 2.47. The van der Waals surface area contributed by atoms with Crippen molar-refractivity contribution in [3.05, 3.63) is 65.5 Å². The van der Waals surface area contributed by atoms with Crippen molar-refractivity contribution >= 4 is 17.6 Å². The summed E-state index contributed by atoms with van der Waals surface area (Å²) in [5, 5.41) is 21.1. The molecule has 2 aromatic rings. The van der Waals surface area contributed by atoms with E-state index >= 15 is 0 Å². The minimum atomic E-state index is -1.50. The van der Waals surface area contributed by atoms with Crippen molar-refractivity contribution in [2.45, 2.75) is 6.10 Å². The number of carbonyl (C=O) groups excluding carboxylic acids is 1. The molecule has 2 aromatic carbocycles. The third kappa shape index (κ3) is 3.24. The average molecular weight is 289 g/mol. The van der Waals surface area contributed by atoms with Gasteiger partial charge >= 0.3 is 5.97 Å². The molecule has 21 heavy (non-hydrogen) atoms. The Balaban J connectivity index is 2.25. The predicted octanol–water partition coefficient (Wildman–Crippen LogP) is 2.20. The van der Waals surface area contributed by atoms with E-state index in [1.54, 1.807) is 30.3 Å². The Morgan fingerprint density at radius 3 is 2.33 bits per heavy atom. The summed E-state index contributed by atoms with van der Waals surface area (Å²) in [5.41, 5.74) is -0.503. The summed E-state index contributed by atoms with van der Waals surface area (Å²) in [6, 6.07) is 11.6. The third-order valence-electron chi connectivity index (χ3n) is 2.85. The van der Waals surface area contributed by atoms with Crippen LogP contribution in [0.1, 0.15) is 22.0 Å². The number of halogens is 1. The molecular weight excluding hydrogens is 277 g/mol. The maximum absolute atomic E-state index is 13.5. The van der Waals surface area contributed by atoms with Crippen molar-refractivity contribution in [3.8, 4) is 0 Å². The molecule has 0 spiro atoms. The molecule has 0 bridgehead atoms. The van der Waals surface area contributed by atoms with Gasteiger partial charge in [-0.1, -0.05) is 36.4 Å². The zero-order chi connectivity index (χ0) is 15.4. The Morgan fingerprint density at radius 2 is 1.71 bits per heavy atom. The molecule has 0 aliphatic carbocycles. The van der Waals surface area contributed by atoms with Crippen molar-refractivity contribution in [2.24, 2.45) is 0 Å². The number of amides is 1. The molecule has 0 aromatic heterocycles. The fraction of sp³-hybridized carbons (Fsp3) is 0.0667. The van der Waals surface area contributed by atoms with Crippen molar-refractivity contribution in [2.75, 3.05) is 5.32 Å². The Labute approximate surface area is 119 Å². The van der Waals surface area contributed by atoms with Crippen LogP contribution in [0, 0.1) is 5.82 Å². The van der Waals surface area contributed by atoms with Crippen LogP contribution < -0.4 is 5.32 Å². The standard InChI is InChI=1S/C15H12FNO4/c16-10-7-4-8-11(12(10)15(20)21)17-14(19)13(18)9-5-2-1-3-6-9/h1-8,13,18H,(H,17,19)(H,20,21).